The van der Waals surface area contributed by atoms with Gasteiger partial charge in [0.05, 0.1) is 18.8 Å². The molecule has 0 saturated heterocycles. The summed E-state index contributed by atoms with van der Waals surface area (Å²) in [6.07, 6.45) is 0. The van der Waals surface area contributed by atoms with Crippen LogP contribution in [0.2, 0.25) is 0 Å². The lowest BCUT2D eigenvalue weighted by Crippen LogP contribution is -2.55. The average molecular weight is 218 g/mol. The molecule has 4 nitrogen and oxygen atoms in total. The van der Waals surface area contributed by atoms with Crippen molar-refractivity contribution in [1.29, 1.82) is 0 Å². The van der Waals surface area contributed by atoms with Gasteiger partial charge in [-0.2, -0.15) is 0 Å². The fourth-order valence-electron chi connectivity index (χ4n) is 1.72. The van der Waals surface area contributed by atoms with Crippen LogP contribution in [-0.2, 0) is 9.47 Å². The summed E-state index contributed by atoms with van der Waals surface area (Å²) in [5, 5.41) is 0. The van der Waals surface area contributed by atoms with Crippen molar-refractivity contribution in [2.75, 3.05) is 46.6 Å². The van der Waals surface area contributed by atoms with Gasteiger partial charge in [-0.3, -0.25) is 4.90 Å². The molecule has 0 aliphatic heterocycles. The Kier molecular flexibility index (Phi) is 7.96. The van der Waals surface area contributed by atoms with Crippen molar-refractivity contribution in [2.45, 2.75) is 26.3 Å². The molecule has 0 aliphatic carbocycles. The van der Waals surface area contributed by atoms with Gasteiger partial charge in [-0.25, -0.2) is 0 Å². The number of methoxy groups -OCH3 is 1. The number of hydrogen-bond acceptors (Lipinski definition) is 4. The summed E-state index contributed by atoms with van der Waals surface area (Å²) in [6.45, 7) is 10.9. The van der Waals surface area contributed by atoms with Gasteiger partial charge in [-0.05, 0) is 20.4 Å². The van der Waals surface area contributed by atoms with Gasteiger partial charge in [0, 0.05) is 26.8 Å². The zero-order valence-corrected chi connectivity index (χ0v) is 10.6. The lowest BCUT2D eigenvalue weighted by atomic mass is 10.0. The molecule has 0 aromatic rings. The van der Waals surface area contributed by atoms with E-state index in [0.29, 0.717) is 13.2 Å². The van der Waals surface area contributed by atoms with Gasteiger partial charge in [0.25, 0.3) is 0 Å². The first-order valence-corrected chi connectivity index (χ1v) is 5.66. The first-order chi connectivity index (χ1) is 7.14. The Hall–Kier alpha value is -0.160. The molecule has 1 atom stereocenters. The molecule has 1 unspecified atom stereocenters. The number of nitrogens with two attached hydrogens (primary N) is 1. The van der Waals surface area contributed by atoms with E-state index >= 15 is 0 Å². The number of hydrogen-bond donors (Lipinski definition) is 1. The summed E-state index contributed by atoms with van der Waals surface area (Å²) in [5.41, 5.74) is 5.73. The van der Waals surface area contributed by atoms with Crippen LogP contribution in [0.15, 0.2) is 0 Å². The Morgan fingerprint density at radius 2 is 2.00 bits per heavy atom. The molecule has 0 rings (SSSR count). The highest BCUT2D eigenvalue weighted by Crippen LogP contribution is 2.13. The molecule has 0 aliphatic rings. The molecule has 0 heterocycles. The molecule has 0 spiro atoms. The van der Waals surface area contributed by atoms with Crippen molar-refractivity contribution in [3.05, 3.63) is 0 Å². The maximum Gasteiger partial charge on any atom is 0.0656 e. The predicted octanol–water partition coefficient (Wildman–Crippen LogP) is 0.709. The summed E-state index contributed by atoms with van der Waals surface area (Å²) < 4.78 is 10.6. The Morgan fingerprint density at radius 3 is 2.40 bits per heavy atom. The number of ether oxygens (including phenoxy) is 2. The molecule has 0 aromatic carbocycles. The topological polar surface area (TPSA) is 47.7 Å². The van der Waals surface area contributed by atoms with Gasteiger partial charge in [0.1, 0.15) is 0 Å². The highest BCUT2D eigenvalue weighted by atomic mass is 16.5. The second-order valence-electron chi connectivity index (χ2n) is 3.91. The zero-order chi connectivity index (χ0) is 11.7. The number of nitrogens with zero attached hydrogens (tertiary/aromatic N) is 1. The summed E-state index contributed by atoms with van der Waals surface area (Å²) in [5.74, 6) is 0. The summed E-state index contributed by atoms with van der Waals surface area (Å²) in [6, 6.07) is 0. The van der Waals surface area contributed by atoms with Crippen molar-refractivity contribution in [2.24, 2.45) is 5.73 Å². The van der Waals surface area contributed by atoms with Crippen molar-refractivity contribution >= 4 is 0 Å². The second-order valence-corrected chi connectivity index (χ2v) is 3.91. The Morgan fingerprint density at radius 1 is 1.33 bits per heavy atom. The van der Waals surface area contributed by atoms with E-state index in [1.54, 1.807) is 7.11 Å². The van der Waals surface area contributed by atoms with Gasteiger partial charge in [0.15, 0.2) is 0 Å². The fourth-order valence-corrected chi connectivity index (χ4v) is 1.72. The lowest BCUT2D eigenvalue weighted by molar-refractivity contribution is 0.0107. The molecule has 0 radical (unpaired) electrons. The molecule has 92 valence electrons. The Labute approximate surface area is 93.7 Å². The van der Waals surface area contributed by atoms with Crippen molar-refractivity contribution < 1.29 is 9.47 Å². The molecule has 0 aromatic heterocycles. The quantitative estimate of drug-likeness (QED) is 0.579. The van der Waals surface area contributed by atoms with Crippen LogP contribution >= 0.6 is 0 Å². The maximum absolute atomic E-state index is 5.81. The normalized spacial score (nSPS) is 15.6. The molecular formula is C11H26N2O2. The van der Waals surface area contributed by atoms with E-state index in [9.17, 15) is 0 Å². The van der Waals surface area contributed by atoms with E-state index in [1.807, 2.05) is 6.92 Å². The monoisotopic (exact) mass is 218 g/mol. The van der Waals surface area contributed by atoms with E-state index in [4.69, 9.17) is 15.2 Å². The highest BCUT2D eigenvalue weighted by Gasteiger charge is 2.29. The minimum absolute atomic E-state index is 0.0827. The predicted molar refractivity (Wildman–Crippen MR) is 63.1 cm³/mol. The van der Waals surface area contributed by atoms with Gasteiger partial charge >= 0.3 is 0 Å². The van der Waals surface area contributed by atoms with Crippen molar-refractivity contribution in [3.63, 3.8) is 0 Å². The summed E-state index contributed by atoms with van der Waals surface area (Å²) in [7, 11) is 1.71. The van der Waals surface area contributed by atoms with E-state index in [0.717, 1.165) is 26.3 Å². The standard InChI is InChI=1S/C11H26N2O2/c1-5-13(7-8-15-6-2)11(3,9-12)10-14-4/h5-10,12H2,1-4H3. The summed E-state index contributed by atoms with van der Waals surface area (Å²) in [4.78, 5) is 2.31. The van der Waals surface area contributed by atoms with Crippen LogP contribution in [0, 0.1) is 0 Å². The molecule has 15 heavy (non-hydrogen) atoms. The SMILES string of the molecule is CCOCCN(CC)C(C)(CN)COC. The van der Waals surface area contributed by atoms with Crippen LogP contribution < -0.4 is 5.73 Å². The van der Waals surface area contributed by atoms with E-state index in [-0.39, 0.29) is 5.54 Å². The first-order valence-electron chi connectivity index (χ1n) is 5.66. The largest absolute Gasteiger partial charge is 0.383 e. The van der Waals surface area contributed by atoms with Crippen LogP contribution in [0.5, 0.6) is 0 Å². The van der Waals surface area contributed by atoms with Gasteiger partial charge < -0.3 is 15.2 Å². The van der Waals surface area contributed by atoms with Crippen LogP contribution in [0.4, 0.5) is 0 Å². The second kappa shape index (κ2) is 8.05. The molecule has 0 fully saturated rings. The number of rotatable bonds is 9. The minimum Gasteiger partial charge on any atom is -0.383 e. The third-order valence-electron chi connectivity index (χ3n) is 2.75. The molecule has 0 saturated carbocycles. The van der Waals surface area contributed by atoms with E-state index in [2.05, 4.69) is 18.7 Å². The van der Waals surface area contributed by atoms with Crippen LogP contribution in [0.1, 0.15) is 20.8 Å². The smallest absolute Gasteiger partial charge is 0.0656 e. The van der Waals surface area contributed by atoms with Crippen molar-refractivity contribution in [3.8, 4) is 0 Å². The van der Waals surface area contributed by atoms with Crippen LogP contribution in [0.3, 0.4) is 0 Å². The van der Waals surface area contributed by atoms with Crippen molar-refractivity contribution in [1.82, 2.24) is 4.90 Å². The molecule has 0 bridgehead atoms. The molecule has 4 heteroatoms. The first kappa shape index (κ1) is 14.8. The fraction of sp³-hybridized carbons (Fsp3) is 1.00. The van der Waals surface area contributed by atoms with Gasteiger partial charge in [-0.1, -0.05) is 6.92 Å². The Bertz CT molecular complexity index is 156. The Balaban J connectivity index is 4.19. The van der Waals surface area contributed by atoms with Crippen LogP contribution in [-0.4, -0.2) is 57.0 Å². The maximum atomic E-state index is 5.81. The van der Waals surface area contributed by atoms with Gasteiger partial charge in [0.2, 0.25) is 0 Å². The van der Waals surface area contributed by atoms with Crippen LogP contribution in [0.25, 0.3) is 0 Å². The average Bonchev–Trinajstić information content (AvgIpc) is 2.24. The zero-order valence-electron chi connectivity index (χ0n) is 10.6. The highest BCUT2D eigenvalue weighted by molar-refractivity contribution is 4.86. The summed E-state index contributed by atoms with van der Waals surface area (Å²) >= 11 is 0. The minimum atomic E-state index is -0.0827. The molecule has 0 amide bonds. The lowest BCUT2D eigenvalue weighted by Gasteiger charge is -2.39. The third kappa shape index (κ3) is 4.93. The van der Waals surface area contributed by atoms with E-state index < -0.39 is 0 Å². The molecule has 2 N–H and O–H groups in total. The third-order valence-corrected chi connectivity index (χ3v) is 2.75. The van der Waals surface area contributed by atoms with Gasteiger partial charge in [-0.15, -0.1) is 0 Å². The molecular weight excluding hydrogens is 192 g/mol. The number of likely N-dealkylation sites (N-methyl/N-ethyl adjacent to an activating group) is 1. The van der Waals surface area contributed by atoms with E-state index in [1.165, 1.54) is 0 Å².